The molecule has 1 N–H and O–H groups in total. The van der Waals surface area contributed by atoms with Gasteiger partial charge in [0.15, 0.2) is 0 Å². The van der Waals surface area contributed by atoms with E-state index < -0.39 is 0 Å². The van der Waals surface area contributed by atoms with Gasteiger partial charge in [-0.1, -0.05) is 13.8 Å². The second kappa shape index (κ2) is 4.61. The third-order valence-corrected chi connectivity index (χ3v) is 2.45. The van der Waals surface area contributed by atoms with E-state index in [9.17, 15) is 9.90 Å². The number of β-amino-alcohol motifs (C(OH)–C–C–N with tert-alkyl or cyclic N) is 1. The maximum atomic E-state index is 11.5. The molecule has 0 radical (unpaired) electrons. The number of amides is 1. The van der Waals surface area contributed by atoms with E-state index in [0.717, 1.165) is 19.4 Å². The summed E-state index contributed by atoms with van der Waals surface area (Å²) in [4.78, 5) is 13.3. The predicted octanol–water partition coefficient (Wildman–Crippen LogP) is 1.02. The maximum Gasteiger partial charge on any atom is 0.222 e. The van der Waals surface area contributed by atoms with Crippen molar-refractivity contribution in [3.63, 3.8) is 0 Å². The molecule has 3 heteroatoms. The van der Waals surface area contributed by atoms with Crippen LogP contribution in [0.4, 0.5) is 0 Å². The highest BCUT2D eigenvalue weighted by molar-refractivity contribution is 5.76. The van der Waals surface area contributed by atoms with Gasteiger partial charge >= 0.3 is 0 Å². The minimum atomic E-state index is -0.315. The third-order valence-electron chi connectivity index (χ3n) is 2.45. The molecule has 0 spiro atoms. The standard InChI is InChI=1S/C10H19NO2/c1-3-4-10(13)11-6-8(2)5-9(12)7-11/h8-9,12H,3-7H2,1-2H3/t8-,9+/m0/s1. The fraction of sp³-hybridized carbons (Fsp3) is 0.900. The highest BCUT2D eigenvalue weighted by Gasteiger charge is 2.25. The van der Waals surface area contributed by atoms with Crippen LogP contribution >= 0.6 is 0 Å². The van der Waals surface area contributed by atoms with E-state index in [2.05, 4.69) is 6.92 Å². The van der Waals surface area contributed by atoms with Crippen LogP contribution < -0.4 is 0 Å². The fourth-order valence-electron chi connectivity index (χ4n) is 1.89. The van der Waals surface area contributed by atoms with Gasteiger partial charge in [0.2, 0.25) is 5.91 Å². The predicted molar refractivity (Wildman–Crippen MR) is 51.3 cm³/mol. The van der Waals surface area contributed by atoms with Crippen molar-refractivity contribution in [2.24, 2.45) is 5.92 Å². The molecule has 0 aromatic carbocycles. The molecule has 0 saturated carbocycles. The summed E-state index contributed by atoms with van der Waals surface area (Å²) in [5.74, 6) is 0.623. The second-order valence-corrected chi connectivity index (χ2v) is 4.04. The minimum absolute atomic E-state index is 0.188. The molecule has 0 bridgehead atoms. The largest absolute Gasteiger partial charge is 0.391 e. The van der Waals surface area contributed by atoms with Crippen LogP contribution in [0.25, 0.3) is 0 Å². The van der Waals surface area contributed by atoms with Crippen molar-refractivity contribution in [1.29, 1.82) is 0 Å². The number of hydrogen-bond donors (Lipinski definition) is 1. The quantitative estimate of drug-likeness (QED) is 0.697. The normalized spacial score (nSPS) is 29.0. The maximum absolute atomic E-state index is 11.5. The van der Waals surface area contributed by atoms with Gasteiger partial charge < -0.3 is 10.0 Å². The van der Waals surface area contributed by atoms with E-state index in [4.69, 9.17) is 0 Å². The first-order valence-corrected chi connectivity index (χ1v) is 5.09. The summed E-state index contributed by atoms with van der Waals surface area (Å²) < 4.78 is 0. The molecular formula is C10H19NO2. The van der Waals surface area contributed by atoms with Crippen LogP contribution in [0.1, 0.15) is 33.1 Å². The van der Waals surface area contributed by atoms with Crippen molar-refractivity contribution >= 4 is 5.91 Å². The van der Waals surface area contributed by atoms with E-state index in [1.807, 2.05) is 6.92 Å². The van der Waals surface area contributed by atoms with Crippen molar-refractivity contribution in [3.05, 3.63) is 0 Å². The number of hydrogen-bond acceptors (Lipinski definition) is 2. The Balaban J connectivity index is 2.45. The zero-order chi connectivity index (χ0) is 9.84. The van der Waals surface area contributed by atoms with Crippen LogP contribution in [-0.4, -0.2) is 35.1 Å². The molecule has 1 amide bonds. The topological polar surface area (TPSA) is 40.5 Å². The van der Waals surface area contributed by atoms with Crippen LogP contribution in [0.3, 0.4) is 0 Å². The van der Waals surface area contributed by atoms with E-state index in [0.29, 0.717) is 18.9 Å². The summed E-state index contributed by atoms with van der Waals surface area (Å²) in [5, 5.41) is 9.47. The number of carbonyl (C=O) groups is 1. The smallest absolute Gasteiger partial charge is 0.222 e. The number of piperidine rings is 1. The molecule has 76 valence electrons. The molecular weight excluding hydrogens is 166 g/mol. The van der Waals surface area contributed by atoms with Crippen LogP contribution in [0.5, 0.6) is 0 Å². The van der Waals surface area contributed by atoms with Gasteiger partial charge in [-0.05, 0) is 18.8 Å². The zero-order valence-electron chi connectivity index (χ0n) is 8.49. The molecule has 0 unspecified atom stereocenters. The monoisotopic (exact) mass is 185 g/mol. The summed E-state index contributed by atoms with van der Waals surface area (Å²) in [6, 6.07) is 0. The Hall–Kier alpha value is -0.570. The van der Waals surface area contributed by atoms with Gasteiger partial charge in [0.25, 0.3) is 0 Å². The van der Waals surface area contributed by atoms with Gasteiger partial charge in [0.1, 0.15) is 0 Å². The Morgan fingerprint density at radius 3 is 2.77 bits per heavy atom. The first-order valence-electron chi connectivity index (χ1n) is 5.09. The molecule has 1 aliphatic heterocycles. The summed E-state index contributed by atoms with van der Waals surface area (Å²) in [5.41, 5.74) is 0. The lowest BCUT2D eigenvalue weighted by atomic mass is 9.97. The van der Waals surface area contributed by atoms with Gasteiger partial charge in [-0.3, -0.25) is 4.79 Å². The van der Waals surface area contributed by atoms with Crippen LogP contribution in [0.2, 0.25) is 0 Å². The van der Waals surface area contributed by atoms with Crippen molar-refractivity contribution in [2.75, 3.05) is 13.1 Å². The van der Waals surface area contributed by atoms with Crippen LogP contribution in [0.15, 0.2) is 0 Å². The number of rotatable bonds is 2. The van der Waals surface area contributed by atoms with E-state index in [-0.39, 0.29) is 12.0 Å². The van der Waals surface area contributed by atoms with E-state index >= 15 is 0 Å². The highest BCUT2D eigenvalue weighted by Crippen LogP contribution is 2.17. The Kier molecular flexibility index (Phi) is 3.72. The average molecular weight is 185 g/mol. The minimum Gasteiger partial charge on any atom is -0.391 e. The van der Waals surface area contributed by atoms with Gasteiger partial charge in [-0.15, -0.1) is 0 Å². The number of nitrogens with zero attached hydrogens (tertiary/aromatic N) is 1. The van der Waals surface area contributed by atoms with Gasteiger partial charge in [-0.2, -0.15) is 0 Å². The Morgan fingerprint density at radius 1 is 1.54 bits per heavy atom. The average Bonchev–Trinajstić information content (AvgIpc) is 2.03. The molecule has 1 fully saturated rings. The van der Waals surface area contributed by atoms with Gasteiger partial charge in [0, 0.05) is 19.5 Å². The first kappa shape index (κ1) is 10.5. The molecule has 0 aromatic rings. The summed E-state index contributed by atoms with van der Waals surface area (Å²) in [6.07, 6.45) is 2.01. The first-order chi connectivity index (χ1) is 6.13. The fourth-order valence-corrected chi connectivity index (χ4v) is 1.89. The summed E-state index contributed by atoms with van der Waals surface area (Å²) in [6.45, 7) is 5.43. The van der Waals surface area contributed by atoms with Gasteiger partial charge in [-0.25, -0.2) is 0 Å². The van der Waals surface area contributed by atoms with Gasteiger partial charge in [0.05, 0.1) is 6.10 Å². The third kappa shape index (κ3) is 2.99. The number of likely N-dealkylation sites (tertiary alicyclic amines) is 1. The SMILES string of the molecule is CCCC(=O)N1C[C@@H](C)C[C@@H](O)C1. The van der Waals surface area contributed by atoms with Crippen molar-refractivity contribution in [3.8, 4) is 0 Å². The van der Waals surface area contributed by atoms with Crippen molar-refractivity contribution in [1.82, 2.24) is 4.90 Å². The Morgan fingerprint density at radius 2 is 2.23 bits per heavy atom. The second-order valence-electron chi connectivity index (χ2n) is 4.04. The molecule has 1 heterocycles. The molecule has 13 heavy (non-hydrogen) atoms. The number of carbonyl (C=O) groups excluding carboxylic acids is 1. The molecule has 1 saturated heterocycles. The molecule has 2 atom stereocenters. The lowest BCUT2D eigenvalue weighted by molar-refractivity contribution is -0.135. The molecule has 3 nitrogen and oxygen atoms in total. The lowest BCUT2D eigenvalue weighted by Crippen LogP contribution is -2.45. The lowest BCUT2D eigenvalue weighted by Gasteiger charge is -2.34. The Bertz CT molecular complexity index is 172. The summed E-state index contributed by atoms with van der Waals surface area (Å²) in [7, 11) is 0. The number of aliphatic hydroxyl groups excluding tert-OH is 1. The van der Waals surface area contributed by atoms with E-state index in [1.165, 1.54) is 0 Å². The van der Waals surface area contributed by atoms with Crippen molar-refractivity contribution in [2.45, 2.75) is 39.2 Å². The molecule has 0 aliphatic carbocycles. The molecule has 0 aromatic heterocycles. The zero-order valence-corrected chi connectivity index (χ0v) is 8.49. The molecule has 1 aliphatic rings. The summed E-state index contributed by atoms with van der Waals surface area (Å²) >= 11 is 0. The highest BCUT2D eigenvalue weighted by atomic mass is 16.3. The molecule has 1 rings (SSSR count). The Labute approximate surface area is 79.7 Å². The van der Waals surface area contributed by atoms with Crippen molar-refractivity contribution < 1.29 is 9.90 Å². The van der Waals surface area contributed by atoms with Crippen LogP contribution in [0, 0.1) is 5.92 Å². The number of aliphatic hydroxyl groups is 1. The van der Waals surface area contributed by atoms with Crippen LogP contribution in [-0.2, 0) is 4.79 Å². The van der Waals surface area contributed by atoms with E-state index in [1.54, 1.807) is 4.90 Å².